The Labute approximate surface area is 243 Å². The van der Waals surface area contributed by atoms with Crippen molar-refractivity contribution in [3.8, 4) is 17.0 Å². The first-order valence-corrected chi connectivity index (χ1v) is 14.5. The van der Waals surface area contributed by atoms with E-state index in [1.807, 2.05) is 24.3 Å². The van der Waals surface area contributed by atoms with Crippen LogP contribution in [0, 0.1) is 5.82 Å². The summed E-state index contributed by atoms with van der Waals surface area (Å²) in [5.41, 5.74) is 10.00. The lowest BCUT2D eigenvalue weighted by atomic mass is 10.0. The molecule has 0 bridgehead atoms. The Balaban J connectivity index is 1.61. The summed E-state index contributed by atoms with van der Waals surface area (Å²) in [5, 5.41) is 3.19. The number of nitrogens with one attached hydrogen (secondary N) is 1. The molecule has 1 aliphatic carbocycles. The molecule has 1 heterocycles. The van der Waals surface area contributed by atoms with Crippen LogP contribution >= 0.6 is 11.5 Å². The van der Waals surface area contributed by atoms with Crippen LogP contribution in [-0.2, 0) is 11.2 Å². The average Bonchev–Trinajstić information content (AvgIpc) is 3.65. The predicted octanol–water partition coefficient (Wildman–Crippen LogP) is 6.55. The molecule has 212 valence electrons. The number of aromatic nitrogens is 1. The van der Waals surface area contributed by atoms with Crippen molar-refractivity contribution < 1.29 is 18.7 Å². The fourth-order valence-electron chi connectivity index (χ4n) is 5.21. The summed E-state index contributed by atoms with van der Waals surface area (Å²) in [6.45, 7) is 2.06. The van der Waals surface area contributed by atoms with Crippen LogP contribution in [0.25, 0.3) is 11.3 Å². The first-order chi connectivity index (χ1) is 19.9. The molecule has 1 aromatic heterocycles. The van der Waals surface area contributed by atoms with E-state index in [1.54, 1.807) is 43.5 Å². The summed E-state index contributed by atoms with van der Waals surface area (Å²) >= 11 is 0.966. The quantitative estimate of drug-likeness (QED) is 0.237. The second-order valence-electron chi connectivity index (χ2n) is 10.1. The molecule has 0 unspecified atom stereocenters. The topological polar surface area (TPSA) is 97.5 Å². The Morgan fingerprint density at radius 1 is 1.05 bits per heavy atom. The van der Waals surface area contributed by atoms with Gasteiger partial charge in [-0.3, -0.25) is 14.5 Å². The third-order valence-electron chi connectivity index (χ3n) is 7.52. The molecule has 2 amide bonds. The molecule has 0 saturated heterocycles. The largest absolute Gasteiger partial charge is 0.497 e. The van der Waals surface area contributed by atoms with E-state index in [9.17, 15) is 14.0 Å². The number of methoxy groups -OCH3 is 1. The van der Waals surface area contributed by atoms with Crippen molar-refractivity contribution >= 4 is 34.7 Å². The molecule has 0 spiro atoms. The highest BCUT2D eigenvalue weighted by atomic mass is 32.1. The molecule has 1 fully saturated rings. The van der Waals surface area contributed by atoms with E-state index in [1.165, 1.54) is 17.0 Å². The summed E-state index contributed by atoms with van der Waals surface area (Å²) in [6, 6.07) is 19.7. The van der Waals surface area contributed by atoms with Crippen LogP contribution in [0.4, 0.5) is 15.8 Å². The van der Waals surface area contributed by atoms with Gasteiger partial charge in [0.15, 0.2) is 0 Å². The van der Waals surface area contributed by atoms with Crippen LogP contribution in [0.15, 0.2) is 72.8 Å². The second kappa shape index (κ2) is 12.5. The summed E-state index contributed by atoms with van der Waals surface area (Å²) < 4.78 is 23.3. The van der Waals surface area contributed by atoms with Crippen LogP contribution in [0.3, 0.4) is 0 Å². The maximum Gasteiger partial charge on any atom is 0.273 e. The van der Waals surface area contributed by atoms with Crippen LogP contribution in [0.5, 0.6) is 5.75 Å². The SMILES string of the molecule is CCc1ccc(N(C(=O)c2snc(-c3ccc(F)cc3)c2N)[C@H](C(=O)NC2CCCC2)c2ccc(OC)cc2)cc1. The van der Waals surface area contributed by atoms with E-state index in [2.05, 4.69) is 16.6 Å². The van der Waals surface area contributed by atoms with E-state index in [0.717, 1.165) is 49.2 Å². The molecule has 1 aliphatic rings. The fraction of sp³-hybridized carbons (Fsp3) is 0.281. The van der Waals surface area contributed by atoms with E-state index in [-0.39, 0.29) is 28.3 Å². The number of carbonyl (C=O) groups is 2. The number of nitrogens with zero attached hydrogens (tertiary/aromatic N) is 2. The predicted molar refractivity (Wildman–Crippen MR) is 161 cm³/mol. The van der Waals surface area contributed by atoms with E-state index < -0.39 is 11.9 Å². The zero-order valence-electron chi connectivity index (χ0n) is 23.1. The van der Waals surface area contributed by atoms with E-state index >= 15 is 0 Å². The first-order valence-electron chi connectivity index (χ1n) is 13.8. The molecule has 5 rings (SSSR count). The van der Waals surface area contributed by atoms with Crippen molar-refractivity contribution in [1.29, 1.82) is 0 Å². The number of ether oxygens (including phenoxy) is 1. The van der Waals surface area contributed by atoms with Gasteiger partial charge in [0.05, 0.1) is 12.8 Å². The Bertz CT molecular complexity index is 1500. The highest BCUT2D eigenvalue weighted by Gasteiger charge is 2.36. The highest BCUT2D eigenvalue weighted by Crippen LogP contribution is 2.37. The van der Waals surface area contributed by atoms with E-state index in [0.29, 0.717) is 28.3 Å². The lowest BCUT2D eigenvalue weighted by molar-refractivity contribution is -0.123. The van der Waals surface area contributed by atoms with Crippen LogP contribution in [0.1, 0.15) is 59.4 Å². The van der Waals surface area contributed by atoms with Crippen molar-refractivity contribution in [2.45, 2.75) is 51.1 Å². The molecule has 1 saturated carbocycles. The summed E-state index contributed by atoms with van der Waals surface area (Å²) in [7, 11) is 1.58. The van der Waals surface area contributed by atoms with Crippen LogP contribution in [0.2, 0.25) is 0 Å². The Morgan fingerprint density at radius 3 is 2.32 bits per heavy atom. The third kappa shape index (κ3) is 6.10. The van der Waals surface area contributed by atoms with Gasteiger partial charge < -0.3 is 15.8 Å². The minimum absolute atomic E-state index is 0.0567. The summed E-state index contributed by atoms with van der Waals surface area (Å²) in [6.07, 6.45) is 4.76. The molecule has 4 aromatic rings. The molecule has 9 heteroatoms. The van der Waals surface area contributed by atoms with Gasteiger partial charge in [0.25, 0.3) is 5.91 Å². The van der Waals surface area contributed by atoms with Gasteiger partial charge in [-0.2, -0.15) is 4.37 Å². The minimum Gasteiger partial charge on any atom is -0.497 e. The smallest absolute Gasteiger partial charge is 0.273 e. The molecular formula is C32H33FN4O3S. The maximum absolute atomic E-state index is 14.5. The van der Waals surface area contributed by atoms with Gasteiger partial charge in [-0.25, -0.2) is 4.39 Å². The zero-order chi connectivity index (χ0) is 28.9. The number of nitrogen functional groups attached to an aromatic ring is 1. The van der Waals surface area contributed by atoms with Crippen molar-refractivity contribution in [3.05, 3.63) is 94.6 Å². The molecule has 0 aliphatic heterocycles. The van der Waals surface area contributed by atoms with Gasteiger partial charge in [-0.05, 0) is 90.5 Å². The normalized spacial score (nSPS) is 14.0. The van der Waals surface area contributed by atoms with Crippen molar-refractivity contribution in [3.63, 3.8) is 0 Å². The molecule has 41 heavy (non-hydrogen) atoms. The number of hydrogen-bond donors (Lipinski definition) is 2. The molecule has 1 atom stereocenters. The number of amides is 2. The lowest BCUT2D eigenvalue weighted by Gasteiger charge is -2.32. The Kier molecular flexibility index (Phi) is 8.64. The number of carbonyl (C=O) groups excluding carboxylic acids is 2. The van der Waals surface area contributed by atoms with Gasteiger partial charge in [-0.15, -0.1) is 0 Å². The Hall–Kier alpha value is -4.24. The summed E-state index contributed by atoms with van der Waals surface area (Å²) in [5.74, 6) is -0.447. The maximum atomic E-state index is 14.5. The number of aryl methyl sites for hydroxylation is 1. The highest BCUT2D eigenvalue weighted by molar-refractivity contribution is 7.09. The van der Waals surface area contributed by atoms with Gasteiger partial charge in [0, 0.05) is 17.3 Å². The van der Waals surface area contributed by atoms with Gasteiger partial charge in [-0.1, -0.05) is 44.0 Å². The van der Waals surface area contributed by atoms with Gasteiger partial charge in [0.1, 0.15) is 28.2 Å². The second-order valence-corrected chi connectivity index (χ2v) is 10.9. The number of hydrogen-bond acceptors (Lipinski definition) is 6. The van der Waals surface area contributed by atoms with Gasteiger partial charge in [0.2, 0.25) is 5.91 Å². The van der Waals surface area contributed by atoms with Crippen molar-refractivity contribution in [2.75, 3.05) is 17.7 Å². The number of anilines is 2. The average molecular weight is 573 g/mol. The number of nitrogens with two attached hydrogens (primary N) is 1. The summed E-state index contributed by atoms with van der Waals surface area (Å²) in [4.78, 5) is 30.2. The molecule has 0 radical (unpaired) electrons. The monoisotopic (exact) mass is 572 g/mol. The molecule has 3 N–H and O–H groups in total. The van der Waals surface area contributed by atoms with Crippen molar-refractivity contribution in [1.82, 2.24) is 9.69 Å². The Morgan fingerprint density at radius 2 is 1.71 bits per heavy atom. The zero-order valence-corrected chi connectivity index (χ0v) is 23.9. The standard InChI is InChI=1S/C32H33FN4O3S/c1-3-20-8-16-25(17-9-20)37(32(39)30-27(34)28(36-41-30)21-10-14-23(33)15-11-21)29(22-12-18-26(40-2)19-13-22)31(38)35-24-6-4-5-7-24/h8-19,24,29H,3-7,34H2,1-2H3,(H,35,38)/t29-/m0/s1. The molecule has 7 nitrogen and oxygen atoms in total. The molecule has 3 aromatic carbocycles. The van der Waals surface area contributed by atoms with Gasteiger partial charge >= 0.3 is 0 Å². The van der Waals surface area contributed by atoms with E-state index in [4.69, 9.17) is 10.5 Å². The number of halogens is 1. The van der Waals surface area contributed by atoms with Crippen molar-refractivity contribution in [2.24, 2.45) is 0 Å². The minimum atomic E-state index is -0.975. The number of rotatable bonds is 9. The molecular weight excluding hydrogens is 539 g/mol. The number of benzene rings is 3. The lowest BCUT2D eigenvalue weighted by Crippen LogP contribution is -2.46. The van der Waals surface area contributed by atoms with Crippen LogP contribution in [-0.4, -0.2) is 29.3 Å². The fourth-order valence-corrected chi connectivity index (χ4v) is 5.96. The first kappa shape index (κ1) is 28.3. The third-order valence-corrected chi connectivity index (χ3v) is 8.37. The van der Waals surface area contributed by atoms with Crippen LogP contribution < -0.4 is 20.7 Å².